The smallest absolute Gasteiger partial charge is 0.248 e. The Balaban J connectivity index is 2.36. The quantitative estimate of drug-likeness (QED) is 0.667. The van der Waals surface area contributed by atoms with E-state index in [-0.39, 0.29) is 31.4 Å². The van der Waals surface area contributed by atoms with E-state index in [4.69, 9.17) is 10.8 Å². The normalized spacial score (nSPS) is 27.0. The van der Waals surface area contributed by atoms with Gasteiger partial charge in [-0.1, -0.05) is 0 Å². The van der Waals surface area contributed by atoms with E-state index in [1.807, 2.05) is 0 Å². The van der Waals surface area contributed by atoms with Crippen LogP contribution in [0.15, 0.2) is 0 Å². The third-order valence-electron chi connectivity index (χ3n) is 2.58. The summed E-state index contributed by atoms with van der Waals surface area (Å²) < 4.78 is 25.3. The molecule has 0 aromatic rings. The van der Waals surface area contributed by atoms with Crippen LogP contribution in [0.5, 0.6) is 0 Å². The van der Waals surface area contributed by atoms with E-state index in [0.29, 0.717) is 12.8 Å². The summed E-state index contributed by atoms with van der Waals surface area (Å²) in [6.45, 7) is -0.101. The van der Waals surface area contributed by atoms with Crippen molar-refractivity contribution in [2.45, 2.75) is 37.6 Å². The number of rotatable bonds is 2. The average Bonchev–Trinajstić information content (AvgIpc) is 2.03. The molecule has 0 spiro atoms. The summed E-state index contributed by atoms with van der Waals surface area (Å²) in [6.07, 6.45) is 0.722. The van der Waals surface area contributed by atoms with Gasteiger partial charge in [-0.2, -0.15) is 0 Å². The summed E-state index contributed by atoms with van der Waals surface area (Å²) in [5, 5.41) is 8.70. The maximum absolute atomic E-state index is 12.6. The van der Waals surface area contributed by atoms with E-state index in [1.165, 1.54) is 0 Å². The van der Waals surface area contributed by atoms with Gasteiger partial charge in [-0.3, -0.25) is 0 Å². The van der Waals surface area contributed by atoms with Crippen LogP contribution >= 0.6 is 0 Å². The van der Waals surface area contributed by atoms with E-state index in [1.54, 1.807) is 0 Å². The van der Waals surface area contributed by atoms with Crippen LogP contribution in [0.25, 0.3) is 0 Å². The average molecular weight is 179 g/mol. The predicted molar refractivity (Wildman–Crippen MR) is 42.0 cm³/mol. The fourth-order valence-corrected chi connectivity index (χ4v) is 1.64. The second kappa shape index (κ2) is 3.66. The van der Waals surface area contributed by atoms with Crippen molar-refractivity contribution in [2.24, 2.45) is 11.7 Å². The van der Waals surface area contributed by atoms with Crippen LogP contribution in [0, 0.1) is 5.92 Å². The van der Waals surface area contributed by atoms with E-state index in [9.17, 15) is 8.78 Å². The Morgan fingerprint density at radius 3 is 2.33 bits per heavy atom. The monoisotopic (exact) mass is 179 g/mol. The lowest BCUT2D eigenvalue weighted by molar-refractivity contribution is -0.0499. The Morgan fingerprint density at radius 1 is 1.42 bits per heavy atom. The highest BCUT2D eigenvalue weighted by Crippen LogP contribution is 2.36. The number of hydrogen-bond donors (Lipinski definition) is 2. The van der Waals surface area contributed by atoms with Crippen LogP contribution < -0.4 is 5.73 Å². The first-order chi connectivity index (χ1) is 5.55. The van der Waals surface area contributed by atoms with Crippen molar-refractivity contribution in [3.8, 4) is 0 Å². The van der Waals surface area contributed by atoms with Crippen molar-refractivity contribution in [3.63, 3.8) is 0 Å². The summed E-state index contributed by atoms with van der Waals surface area (Å²) in [5.74, 6) is -2.42. The SMILES string of the molecule is NC(CO)C1CCC(F)(F)CC1. The Labute approximate surface area is 70.8 Å². The zero-order valence-electron chi connectivity index (χ0n) is 6.97. The highest BCUT2D eigenvalue weighted by Gasteiger charge is 2.36. The van der Waals surface area contributed by atoms with Gasteiger partial charge in [0.1, 0.15) is 0 Å². The summed E-state index contributed by atoms with van der Waals surface area (Å²) in [7, 11) is 0. The molecule has 0 aromatic carbocycles. The topological polar surface area (TPSA) is 46.2 Å². The van der Waals surface area contributed by atoms with Gasteiger partial charge in [-0.25, -0.2) is 8.78 Å². The van der Waals surface area contributed by atoms with E-state index in [0.717, 1.165) is 0 Å². The molecule has 72 valence electrons. The fourth-order valence-electron chi connectivity index (χ4n) is 1.64. The van der Waals surface area contributed by atoms with E-state index < -0.39 is 5.92 Å². The molecule has 1 saturated carbocycles. The Kier molecular flexibility index (Phi) is 3.01. The van der Waals surface area contributed by atoms with Gasteiger partial charge < -0.3 is 10.8 Å². The van der Waals surface area contributed by atoms with Crippen LogP contribution in [-0.2, 0) is 0 Å². The highest BCUT2D eigenvalue weighted by atomic mass is 19.3. The van der Waals surface area contributed by atoms with Crippen molar-refractivity contribution < 1.29 is 13.9 Å². The molecule has 0 aliphatic heterocycles. The zero-order chi connectivity index (χ0) is 9.19. The van der Waals surface area contributed by atoms with Gasteiger partial charge >= 0.3 is 0 Å². The van der Waals surface area contributed by atoms with Crippen molar-refractivity contribution in [1.29, 1.82) is 0 Å². The third-order valence-corrected chi connectivity index (χ3v) is 2.58. The number of alkyl halides is 2. The summed E-state index contributed by atoms with van der Waals surface area (Å²) in [4.78, 5) is 0. The number of aliphatic hydroxyl groups excluding tert-OH is 1. The van der Waals surface area contributed by atoms with Gasteiger partial charge in [0.25, 0.3) is 0 Å². The van der Waals surface area contributed by atoms with Gasteiger partial charge in [-0.05, 0) is 18.8 Å². The van der Waals surface area contributed by atoms with E-state index >= 15 is 0 Å². The van der Waals surface area contributed by atoms with Gasteiger partial charge in [0.2, 0.25) is 5.92 Å². The lowest BCUT2D eigenvalue weighted by atomic mass is 9.83. The molecule has 12 heavy (non-hydrogen) atoms. The van der Waals surface area contributed by atoms with E-state index in [2.05, 4.69) is 0 Å². The van der Waals surface area contributed by atoms with Crippen LogP contribution in [0.3, 0.4) is 0 Å². The maximum Gasteiger partial charge on any atom is 0.248 e. The zero-order valence-corrected chi connectivity index (χ0v) is 6.97. The second-order valence-electron chi connectivity index (χ2n) is 3.54. The number of aliphatic hydroxyl groups is 1. The highest BCUT2D eigenvalue weighted by molar-refractivity contribution is 4.82. The Morgan fingerprint density at radius 2 is 1.92 bits per heavy atom. The minimum absolute atomic E-state index is 0.0780. The maximum atomic E-state index is 12.6. The molecule has 0 amide bonds. The molecular weight excluding hydrogens is 164 g/mol. The fraction of sp³-hybridized carbons (Fsp3) is 1.00. The van der Waals surface area contributed by atoms with Crippen molar-refractivity contribution >= 4 is 0 Å². The minimum atomic E-state index is -2.49. The number of halogens is 2. The molecule has 4 heteroatoms. The predicted octanol–water partition coefficient (Wildman–Crippen LogP) is 1.13. The van der Waals surface area contributed by atoms with Crippen LogP contribution in [0.1, 0.15) is 25.7 Å². The summed E-state index contributed by atoms with van der Waals surface area (Å²) in [5.41, 5.74) is 5.54. The van der Waals surface area contributed by atoms with Gasteiger partial charge in [-0.15, -0.1) is 0 Å². The number of hydrogen-bond acceptors (Lipinski definition) is 2. The molecule has 1 aliphatic rings. The first kappa shape index (κ1) is 9.86. The lowest BCUT2D eigenvalue weighted by Gasteiger charge is -2.30. The number of nitrogens with two attached hydrogens (primary N) is 1. The third kappa shape index (κ3) is 2.38. The molecule has 0 saturated heterocycles. The molecule has 3 N–H and O–H groups in total. The van der Waals surface area contributed by atoms with Crippen LogP contribution in [0.2, 0.25) is 0 Å². The molecule has 0 radical (unpaired) electrons. The van der Waals surface area contributed by atoms with Gasteiger partial charge in [0.15, 0.2) is 0 Å². The summed E-state index contributed by atoms with van der Waals surface area (Å²) in [6, 6.07) is -0.318. The molecule has 1 unspecified atom stereocenters. The molecule has 1 atom stereocenters. The van der Waals surface area contributed by atoms with Gasteiger partial charge in [0, 0.05) is 18.9 Å². The molecule has 0 heterocycles. The van der Waals surface area contributed by atoms with Crippen LogP contribution in [0.4, 0.5) is 8.78 Å². The minimum Gasteiger partial charge on any atom is -0.395 e. The molecule has 1 fully saturated rings. The van der Waals surface area contributed by atoms with Crippen molar-refractivity contribution in [3.05, 3.63) is 0 Å². The lowest BCUT2D eigenvalue weighted by Crippen LogP contribution is -2.38. The van der Waals surface area contributed by atoms with Crippen LogP contribution in [-0.4, -0.2) is 23.7 Å². The second-order valence-corrected chi connectivity index (χ2v) is 3.54. The molecular formula is C8H15F2NO. The molecule has 1 rings (SSSR count). The molecule has 1 aliphatic carbocycles. The summed E-state index contributed by atoms with van der Waals surface area (Å²) >= 11 is 0. The molecule has 0 aromatic heterocycles. The van der Waals surface area contributed by atoms with Gasteiger partial charge in [0.05, 0.1) is 6.61 Å². The molecule has 2 nitrogen and oxygen atoms in total. The van der Waals surface area contributed by atoms with Crippen molar-refractivity contribution in [1.82, 2.24) is 0 Å². The standard InChI is InChI=1S/C8H15F2NO/c9-8(10)3-1-6(2-4-8)7(11)5-12/h6-7,12H,1-5,11H2. The Hall–Kier alpha value is -0.220. The first-order valence-electron chi connectivity index (χ1n) is 4.29. The van der Waals surface area contributed by atoms with Crippen molar-refractivity contribution in [2.75, 3.05) is 6.61 Å². The Bertz CT molecular complexity index is 142. The first-order valence-corrected chi connectivity index (χ1v) is 4.29. The largest absolute Gasteiger partial charge is 0.395 e. The molecule has 0 bridgehead atoms.